The first-order valence-corrected chi connectivity index (χ1v) is 18.8. The number of ether oxygens (including phenoxy) is 2. The third-order valence-electron chi connectivity index (χ3n) is 7.39. The Morgan fingerprint density at radius 1 is 0.844 bits per heavy atom. The molecular formula is C21H25ClN10O9P2S2. The van der Waals surface area contributed by atoms with Gasteiger partial charge >= 0.3 is 13.4 Å². The molecule has 45 heavy (non-hydrogen) atoms. The van der Waals surface area contributed by atoms with Gasteiger partial charge in [-0.3, -0.25) is 13.7 Å². The number of aryl methyl sites for hydroxylation is 1. The molecule has 7 N–H and O–H groups in total. The van der Waals surface area contributed by atoms with E-state index in [9.17, 15) is 14.9 Å². The van der Waals surface area contributed by atoms with Gasteiger partial charge in [0.1, 0.15) is 59.1 Å². The van der Waals surface area contributed by atoms with Crippen LogP contribution < -0.4 is 11.5 Å². The molecule has 4 aromatic rings. The lowest BCUT2D eigenvalue weighted by Crippen LogP contribution is -2.35. The molecule has 0 amide bonds. The van der Waals surface area contributed by atoms with Crippen molar-refractivity contribution in [3.8, 4) is 0 Å². The van der Waals surface area contributed by atoms with Gasteiger partial charge in [-0.1, -0.05) is 0 Å². The number of halogens is 1. The van der Waals surface area contributed by atoms with Gasteiger partial charge in [-0.15, -0.1) is 11.6 Å². The second kappa shape index (κ2) is 11.6. The Bertz CT molecular complexity index is 1890. The number of fused-ring (bicyclic) bond motifs is 5. The topological polar surface area (TPSA) is 255 Å². The van der Waals surface area contributed by atoms with Gasteiger partial charge in [0.25, 0.3) is 0 Å². The van der Waals surface area contributed by atoms with Crippen molar-refractivity contribution in [1.29, 1.82) is 0 Å². The van der Waals surface area contributed by atoms with Crippen molar-refractivity contribution in [3.05, 3.63) is 24.8 Å². The predicted octanol–water partition coefficient (Wildman–Crippen LogP) is 0.153. The molecule has 0 saturated carbocycles. The van der Waals surface area contributed by atoms with E-state index in [-0.39, 0.29) is 22.8 Å². The van der Waals surface area contributed by atoms with Crippen molar-refractivity contribution >= 4 is 82.6 Å². The molecule has 0 aliphatic carbocycles. The number of aliphatic hydroxyl groups excluding tert-OH is 1. The molecule has 4 aromatic heterocycles. The zero-order chi connectivity index (χ0) is 31.8. The van der Waals surface area contributed by atoms with Crippen molar-refractivity contribution in [2.45, 2.75) is 55.3 Å². The summed E-state index contributed by atoms with van der Waals surface area (Å²) in [5.74, 6) is 0.668. The maximum atomic E-state index is 11.2. The smallest absolute Gasteiger partial charge is 0.325 e. The van der Waals surface area contributed by atoms with Crippen LogP contribution in [0.2, 0.25) is 0 Å². The van der Waals surface area contributed by atoms with E-state index in [4.69, 9.17) is 74.3 Å². The van der Waals surface area contributed by atoms with Crippen molar-refractivity contribution in [2.24, 2.45) is 0 Å². The Hall–Kier alpha value is -2.07. The lowest BCUT2D eigenvalue weighted by molar-refractivity contribution is -0.0600. The summed E-state index contributed by atoms with van der Waals surface area (Å²) in [6.07, 6.45) is -4.22. The minimum absolute atomic E-state index is 0.113. The lowest BCUT2D eigenvalue weighted by atomic mass is 10.1. The fourth-order valence-electron chi connectivity index (χ4n) is 5.37. The summed E-state index contributed by atoms with van der Waals surface area (Å²) in [6.45, 7) is -7.40. The highest BCUT2D eigenvalue weighted by atomic mass is 35.5. The van der Waals surface area contributed by atoms with Crippen LogP contribution in [0.5, 0.6) is 0 Å². The minimum Gasteiger partial charge on any atom is -0.387 e. The molecule has 0 spiro atoms. The van der Waals surface area contributed by atoms with E-state index >= 15 is 0 Å². The van der Waals surface area contributed by atoms with Crippen LogP contribution in [0.25, 0.3) is 22.3 Å². The molecule has 10 atom stereocenters. The molecule has 3 saturated heterocycles. The Kier molecular flexibility index (Phi) is 8.10. The molecule has 2 bridgehead atoms. The van der Waals surface area contributed by atoms with E-state index in [0.29, 0.717) is 17.0 Å². The summed E-state index contributed by atoms with van der Waals surface area (Å²) < 4.78 is 38.2. The molecule has 3 aliphatic rings. The van der Waals surface area contributed by atoms with Gasteiger partial charge < -0.3 is 49.4 Å². The number of hydrogen-bond acceptors (Lipinski definition) is 17. The van der Waals surface area contributed by atoms with Crippen molar-refractivity contribution in [3.63, 3.8) is 0 Å². The summed E-state index contributed by atoms with van der Waals surface area (Å²) in [6, 6.07) is 0. The Balaban J connectivity index is 1.20. The van der Waals surface area contributed by atoms with Crippen LogP contribution in [0.3, 0.4) is 0 Å². The second-order valence-corrected chi connectivity index (χ2v) is 16.4. The molecule has 24 heteroatoms. The van der Waals surface area contributed by atoms with E-state index in [0.717, 1.165) is 0 Å². The number of imidazole rings is 2. The summed E-state index contributed by atoms with van der Waals surface area (Å²) in [5.41, 5.74) is 13.1. The highest BCUT2D eigenvalue weighted by molar-refractivity contribution is 8.07. The summed E-state index contributed by atoms with van der Waals surface area (Å²) >= 11 is 17.5. The predicted molar refractivity (Wildman–Crippen MR) is 162 cm³/mol. The Morgan fingerprint density at radius 3 is 2.16 bits per heavy atom. The molecule has 3 fully saturated rings. The largest absolute Gasteiger partial charge is 0.387 e. The molecule has 0 aromatic carbocycles. The number of aliphatic hydroxyl groups is 1. The fourth-order valence-corrected chi connectivity index (χ4v) is 8.70. The van der Waals surface area contributed by atoms with Crippen LogP contribution in [0.1, 0.15) is 18.3 Å². The maximum absolute atomic E-state index is 11.2. The van der Waals surface area contributed by atoms with Crippen LogP contribution in [-0.2, 0) is 51.2 Å². The first-order chi connectivity index (χ1) is 21.3. The standard InChI is InChI=1S/C21H25ClN10O9P2S2/c1-7-29-17(24)12-19(30-7)32(6-28-12)20-10(22)14-9(39-20)3-37-43(35,45)41-15-13(33)8(2-36-42(34,44)40-14)38-21(15)31-5-27-11-16(23)25-4-26-18(11)31/h4-6,8-10,13-15,20-21,33H,2-3H2,1H3,(H,34,44)(H,35,45)(H2,23,25,26)(H2,24,29,30)/t8-,9-,10-,13-,14-,15-,20-,21-,42?,43?/m1/s1. The molecule has 3 aliphatic heterocycles. The number of anilines is 2. The number of nitrogens with zero attached hydrogens (tertiary/aromatic N) is 8. The molecule has 7 rings (SSSR count). The molecule has 242 valence electrons. The van der Waals surface area contributed by atoms with E-state index < -0.39 is 75.0 Å². The lowest BCUT2D eigenvalue weighted by Gasteiger charge is -2.28. The van der Waals surface area contributed by atoms with Gasteiger partial charge in [-0.25, -0.2) is 29.9 Å². The van der Waals surface area contributed by atoms with E-state index in [1.165, 1.54) is 28.1 Å². The molecule has 19 nitrogen and oxygen atoms in total. The van der Waals surface area contributed by atoms with E-state index in [2.05, 4.69) is 29.9 Å². The molecule has 0 radical (unpaired) electrons. The normalized spacial score (nSPS) is 37.7. The van der Waals surface area contributed by atoms with Crippen molar-refractivity contribution in [1.82, 2.24) is 39.0 Å². The molecule has 7 heterocycles. The third kappa shape index (κ3) is 5.74. The first kappa shape index (κ1) is 31.5. The number of hydrogen-bond donors (Lipinski definition) is 5. The summed E-state index contributed by atoms with van der Waals surface area (Å²) in [5, 5.41) is 10.2. The van der Waals surface area contributed by atoms with Crippen molar-refractivity contribution < 1.29 is 42.5 Å². The van der Waals surface area contributed by atoms with Gasteiger partial charge in [-0.05, 0) is 30.5 Å². The third-order valence-corrected chi connectivity index (χ3v) is 11.0. The van der Waals surface area contributed by atoms with E-state index in [1.54, 1.807) is 6.92 Å². The number of nitrogens with two attached hydrogens (primary N) is 2. The highest BCUT2D eigenvalue weighted by Gasteiger charge is 2.52. The monoisotopic (exact) mass is 722 g/mol. The van der Waals surface area contributed by atoms with Crippen LogP contribution in [0, 0.1) is 6.92 Å². The number of rotatable bonds is 2. The number of nitrogen functional groups attached to an aromatic ring is 2. The molecule has 2 unspecified atom stereocenters. The minimum atomic E-state index is -4.13. The fraction of sp³-hybridized carbons (Fsp3) is 0.524. The first-order valence-electron chi connectivity index (χ1n) is 13.2. The zero-order valence-corrected chi connectivity index (χ0v) is 27.1. The summed E-state index contributed by atoms with van der Waals surface area (Å²) in [4.78, 5) is 47.4. The van der Waals surface area contributed by atoms with Gasteiger partial charge in [0.05, 0.1) is 25.9 Å². The van der Waals surface area contributed by atoms with Crippen LogP contribution in [0.15, 0.2) is 19.0 Å². The van der Waals surface area contributed by atoms with Gasteiger partial charge in [0.2, 0.25) is 0 Å². The second-order valence-electron chi connectivity index (χ2n) is 10.3. The summed E-state index contributed by atoms with van der Waals surface area (Å²) in [7, 11) is 0. The zero-order valence-electron chi connectivity index (χ0n) is 22.9. The SMILES string of the molecule is Cc1nc(N)c2ncn([C@@H]3O[C@@H]4COP(O)(=S)O[C@@H]5[C@H](O)[C@@H](COP(O)(=S)O[C@H]4[C@H]3Cl)O[C@H]5n3cnc4c(N)ncnc43)c2n1. The van der Waals surface area contributed by atoms with Crippen molar-refractivity contribution in [2.75, 3.05) is 24.7 Å². The van der Waals surface area contributed by atoms with Crippen LogP contribution in [0.4, 0.5) is 11.6 Å². The maximum Gasteiger partial charge on any atom is 0.325 e. The van der Waals surface area contributed by atoms with Gasteiger partial charge in [-0.2, -0.15) is 0 Å². The molecular weight excluding hydrogens is 698 g/mol. The average Bonchev–Trinajstić information content (AvgIpc) is 3.72. The number of aromatic nitrogens is 8. The average molecular weight is 723 g/mol. The van der Waals surface area contributed by atoms with Crippen LogP contribution in [-0.4, -0.2) is 103 Å². The van der Waals surface area contributed by atoms with E-state index in [1.807, 2.05) is 0 Å². The van der Waals surface area contributed by atoms with Crippen LogP contribution >= 0.6 is 25.0 Å². The van der Waals surface area contributed by atoms with Gasteiger partial charge in [0.15, 0.2) is 35.4 Å². The Labute approximate surface area is 268 Å². The Morgan fingerprint density at radius 2 is 1.44 bits per heavy atom. The quantitative estimate of drug-likeness (QED) is 0.136. The van der Waals surface area contributed by atoms with Gasteiger partial charge in [0, 0.05) is 0 Å². The highest BCUT2D eigenvalue weighted by Crippen LogP contribution is 2.54. The number of alkyl halides is 1.